The number of allylic oxidation sites excluding steroid dienone is 1. The lowest BCUT2D eigenvalue weighted by Gasteiger charge is -2.20. The molecule has 5 nitrogen and oxygen atoms in total. The molecule has 1 aliphatic carbocycles. The number of aryl methyl sites for hydroxylation is 1. The number of anilines is 3. The highest BCUT2D eigenvalue weighted by Crippen LogP contribution is 2.49. The van der Waals surface area contributed by atoms with Crippen LogP contribution < -0.4 is 10.0 Å². The highest BCUT2D eigenvalue weighted by Gasteiger charge is 2.54. The number of benzene rings is 2. The number of halogens is 2. The third-order valence-electron chi connectivity index (χ3n) is 5.55. The second-order valence-corrected chi connectivity index (χ2v) is 9.58. The molecule has 0 radical (unpaired) electrons. The Hall–Kier alpha value is -2.87. The van der Waals surface area contributed by atoms with Gasteiger partial charge in [0, 0.05) is 5.69 Å². The quantitative estimate of drug-likeness (QED) is 0.437. The highest BCUT2D eigenvalue weighted by atomic mass is 32.2. The van der Waals surface area contributed by atoms with Crippen LogP contribution in [0.15, 0.2) is 53.7 Å². The molecule has 0 atom stereocenters. The summed E-state index contributed by atoms with van der Waals surface area (Å²) in [5.41, 5.74) is 1.03. The van der Waals surface area contributed by atoms with Crippen molar-refractivity contribution in [2.75, 3.05) is 10.0 Å². The normalized spacial score (nSPS) is 15.2. The van der Waals surface area contributed by atoms with Crippen LogP contribution in [0.5, 0.6) is 0 Å². The summed E-state index contributed by atoms with van der Waals surface area (Å²) >= 11 is 0. The lowest BCUT2D eigenvalue weighted by atomic mass is 10.1. The van der Waals surface area contributed by atoms with Crippen molar-refractivity contribution in [2.45, 2.75) is 37.4 Å². The molecule has 1 heterocycles. The van der Waals surface area contributed by atoms with Gasteiger partial charge in [0.15, 0.2) is 17.2 Å². The molecule has 158 valence electrons. The first kappa shape index (κ1) is 20.4. The van der Waals surface area contributed by atoms with Gasteiger partial charge in [-0.3, -0.25) is 4.72 Å². The number of furan rings is 1. The Balaban J connectivity index is 1.82. The van der Waals surface area contributed by atoms with Crippen molar-refractivity contribution in [3.8, 4) is 0 Å². The van der Waals surface area contributed by atoms with E-state index in [9.17, 15) is 12.8 Å². The van der Waals surface area contributed by atoms with Gasteiger partial charge in [0.05, 0.1) is 16.4 Å². The standard InChI is InChI=1S/C22H22F2N2O3S/c1-3-10-22(11-12-22)30(27,28)26-20-19(25-15-7-5-14(4-2)6-8-15)18(24)17(23)16-9-13-29-21(16)20/h3,5-9,13,25-26H,1,4,10-12H2,2H3. The first-order valence-electron chi connectivity index (χ1n) is 9.69. The van der Waals surface area contributed by atoms with Crippen molar-refractivity contribution < 1.29 is 21.6 Å². The molecule has 1 saturated carbocycles. The Bertz CT molecular complexity index is 1210. The van der Waals surface area contributed by atoms with Gasteiger partial charge < -0.3 is 9.73 Å². The van der Waals surface area contributed by atoms with E-state index in [0.29, 0.717) is 18.5 Å². The molecule has 1 aromatic heterocycles. The smallest absolute Gasteiger partial charge is 0.238 e. The van der Waals surface area contributed by atoms with Gasteiger partial charge in [-0.2, -0.15) is 0 Å². The number of hydrogen-bond donors (Lipinski definition) is 2. The van der Waals surface area contributed by atoms with Crippen LogP contribution in [0, 0.1) is 11.6 Å². The van der Waals surface area contributed by atoms with Gasteiger partial charge >= 0.3 is 0 Å². The lowest BCUT2D eigenvalue weighted by Crippen LogP contribution is -2.29. The summed E-state index contributed by atoms with van der Waals surface area (Å²) in [6.07, 6.45) is 4.80. The van der Waals surface area contributed by atoms with Crippen LogP contribution in [0.25, 0.3) is 11.0 Å². The summed E-state index contributed by atoms with van der Waals surface area (Å²) < 4.78 is 62.6. The second-order valence-electron chi connectivity index (χ2n) is 7.50. The molecular weight excluding hydrogens is 410 g/mol. The maximum atomic E-state index is 15.0. The average Bonchev–Trinajstić information content (AvgIpc) is 3.37. The average molecular weight is 432 g/mol. The number of nitrogens with one attached hydrogen (secondary N) is 2. The number of rotatable bonds is 8. The molecule has 3 aromatic rings. The fraction of sp³-hybridized carbons (Fsp3) is 0.273. The highest BCUT2D eigenvalue weighted by molar-refractivity contribution is 7.94. The summed E-state index contributed by atoms with van der Waals surface area (Å²) in [7, 11) is -3.90. The van der Waals surface area contributed by atoms with E-state index in [-0.39, 0.29) is 28.8 Å². The molecular formula is C22H22F2N2O3S. The van der Waals surface area contributed by atoms with Crippen LogP contribution in [0.1, 0.15) is 31.7 Å². The summed E-state index contributed by atoms with van der Waals surface area (Å²) in [5, 5.41) is 2.69. The van der Waals surface area contributed by atoms with Crippen molar-refractivity contribution >= 4 is 38.1 Å². The maximum Gasteiger partial charge on any atom is 0.238 e. The van der Waals surface area contributed by atoms with E-state index >= 15 is 4.39 Å². The summed E-state index contributed by atoms with van der Waals surface area (Å²) in [6.45, 7) is 5.63. The minimum atomic E-state index is -3.90. The Labute approximate surface area is 173 Å². The zero-order chi connectivity index (χ0) is 21.5. The molecule has 0 bridgehead atoms. The van der Waals surface area contributed by atoms with Crippen LogP contribution >= 0.6 is 0 Å². The molecule has 0 amide bonds. The van der Waals surface area contributed by atoms with E-state index in [0.717, 1.165) is 12.0 Å². The summed E-state index contributed by atoms with van der Waals surface area (Å²) in [6, 6.07) is 8.42. The molecule has 2 N–H and O–H groups in total. The van der Waals surface area contributed by atoms with E-state index in [2.05, 4.69) is 16.6 Å². The van der Waals surface area contributed by atoms with Crippen LogP contribution in [-0.2, 0) is 16.4 Å². The Morgan fingerprint density at radius 3 is 2.43 bits per heavy atom. The lowest BCUT2D eigenvalue weighted by molar-refractivity contribution is 0.519. The van der Waals surface area contributed by atoms with Crippen LogP contribution in [0.3, 0.4) is 0 Å². The Kier molecular flexibility index (Phi) is 5.05. The Morgan fingerprint density at radius 1 is 1.13 bits per heavy atom. The molecule has 8 heteroatoms. The molecule has 0 spiro atoms. The van der Waals surface area contributed by atoms with Gasteiger partial charge in [-0.05, 0) is 49.4 Å². The van der Waals surface area contributed by atoms with Gasteiger partial charge in [0.2, 0.25) is 10.0 Å². The minimum Gasteiger partial charge on any atom is -0.462 e. The summed E-state index contributed by atoms with van der Waals surface area (Å²) in [4.78, 5) is 0. The molecule has 30 heavy (non-hydrogen) atoms. The van der Waals surface area contributed by atoms with E-state index in [4.69, 9.17) is 4.42 Å². The first-order chi connectivity index (χ1) is 14.3. The van der Waals surface area contributed by atoms with Crippen molar-refractivity contribution in [1.29, 1.82) is 0 Å². The zero-order valence-corrected chi connectivity index (χ0v) is 17.3. The van der Waals surface area contributed by atoms with Crippen molar-refractivity contribution in [3.05, 3.63) is 66.4 Å². The third-order valence-corrected chi connectivity index (χ3v) is 7.74. The summed E-state index contributed by atoms with van der Waals surface area (Å²) in [5.74, 6) is -2.30. The SMILES string of the molecule is C=CCC1(S(=O)(=O)Nc2c(Nc3ccc(CC)cc3)c(F)c(F)c3ccoc23)CC1. The number of hydrogen-bond acceptors (Lipinski definition) is 4. The molecule has 1 aliphatic rings. The van der Waals surface area contributed by atoms with Gasteiger partial charge in [0.1, 0.15) is 11.4 Å². The Morgan fingerprint density at radius 2 is 1.83 bits per heavy atom. The second kappa shape index (κ2) is 7.43. The number of fused-ring (bicyclic) bond motifs is 1. The minimum absolute atomic E-state index is 0.0699. The van der Waals surface area contributed by atoms with Gasteiger partial charge in [0.25, 0.3) is 0 Å². The van der Waals surface area contributed by atoms with Gasteiger partial charge in [-0.15, -0.1) is 6.58 Å². The van der Waals surface area contributed by atoms with Gasteiger partial charge in [-0.1, -0.05) is 25.1 Å². The van der Waals surface area contributed by atoms with Crippen LogP contribution in [-0.4, -0.2) is 13.2 Å². The molecule has 1 fully saturated rings. The first-order valence-corrected chi connectivity index (χ1v) is 11.2. The third kappa shape index (κ3) is 3.35. The predicted molar refractivity (Wildman–Crippen MR) is 115 cm³/mol. The topological polar surface area (TPSA) is 71.3 Å². The van der Waals surface area contributed by atoms with E-state index < -0.39 is 26.4 Å². The largest absolute Gasteiger partial charge is 0.462 e. The fourth-order valence-electron chi connectivity index (χ4n) is 3.54. The van der Waals surface area contributed by atoms with Crippen molar-refractivity contribution in [1.82, 2.24) is 0 Å². The molecule has 0 unspecified atom stereocenters. The fourth-order valence-corrected chi connectivity index (χ4v) is 5.19. The predicted octanol–water partition coefficient (Wildman–Crippen LogP) is 5.87. The van der Waals surface area contributed by atoms with Crippen molar-refractivity contribution in [2.24, 2.45) is 0 Å². The number of sulfonamides is 1. The van der Waals surface area contributed by atoms with Crippen LogP contribution in [0.2, 0.25) is 0 Å². The zero-order valence-electron chi connectivity index (χ0n) is 16.5. The van der Waals surface area contributed by atoms with Crippen molar-refractivity contribution in [3.63, 3.8) is 0 Å². The van der Waals surface area contributed by atoms with Crippen LogP contribution in [0.4, 0.5) is 25.8 Å². The maximum absolute atomic E-state index is 15.0. The van der Waals surface area contributed by atoms with E-state index in [1.807, 2.05) is 19.1 Å². The molecule has 0 saturated heterocycles. The molecule has 4 rings (SSSR count). The van der Waals surface area contributed by atoms with E-state index in [1.54, 1.807) is 18.2 Å². The van der Waals surface area contributed by atoms with E-state index in [1.165, 1.54) is 12.3 Å². The molecule has 2 aromatic carbocycles. The monoisotopic (exact) mass is 432 g/mol. The molecule has 0 aliphatic heterocycles. The van der Waals surface area contributed by atoms with Gasteiger partial charge in [-0.25, -0.2) is 17.2 Å².